The summed E-state index contributed by atoms with van der Waals surface area (Å²) in [5.74, 6) is 3.68. The number of allylic oxidation sites excluding steroid dienone is 2. The number of anilines is 2. The Kier molecular flexibility index (Phi) is 11.6. The molecule has 59 heavy (non-hydrogen) atoms. The fourth-order valence-electron chi connectivity index (χ4n) is 7.81. The zero-order chi connectivity index (χ0) is 41.1. The molecule has 16 heteroatoms. The van der Waals surface area contributed by atoms with Crippen LogP contribution in [0.15, 0.2) is 85.1 Å². The fourth-order valence-corrected chi connectivity index (χ4v) is 8.28. The summed E-state index contributed by atoms with van der Waals surface area (Å²) in [5.41, 5.74) is 8.47. The molecular formula is C43H45BN6O8S. The van der Waals surface area contributed by atoms with E-state index < -0.39 is 17.3 Å². The molecule has 1 aliphatic heterocycles. The number of nitrogens with zero attached hydrogens (tertiary/aromatic N) is 3. The van der Waals surface area contributed by atoms with Crippen LogP contribution in [0.3, 0.4) is 0 Å². The van der Waals surface area contributed by atoms with Gasteiger partial charge in [-0.15, -0.1) is 0 Å². The SMILES string of the molecule is COc1cc2nc(COc3cc4c(CC5CC=C(c6ccc7c(c6)COB7O)CC5)ccnc4cc3OC)nc(NCCc3ccc(NS(N)(=O)=O)cc3)c2cc1OC. The van der Waals surface area contributed by atoms with Crippen molar-refractivity contribution in [2.24, 2.45) is 11.1 Å². The van der Waals surface area contributed by atoms with Crippen molar-refractivity contribution in [2.75, 3.05) is 37.9 Å². The van der Waals surface area contributed by atoms with E-state index in [0.717, 1.165) is 58.6 Å². The minimum atomic E-state index is -3.86. The lowest BCUT2D eigenvalue weighted by Crippen LogP contribution is -2.27. The monoisotopic (exact) mass is 816 g/mol. The quantitative estimate of drug-likeness (QED) is 0.0928. The molecule has 1 atom stereocenters. The molecule has 0 fully saturated rings. The highest BCUT2D eigenvalue weighted by Crippen LogP contribution is 2.38. The molecule has 0 radical (unpaired) electrons. The standard InChI is InChI=1S/C43H45BN6O8S/c1-54-38-21-34-37(23-39(38)55-2)48-42(49-43(34)47-16-14-26-6-11-32(12-7-26)50-59(45,52)53)25-57-41-20-33-30(15-17-46-36(33)22-40(41)56-3)18-27-4-8-28(9-5-27)29-10-13-35-31(19-29)24-58-44(35)51/h6-8,10-13,15,17,19-23,27,50-51H,4-5,9,14,16,18,24-25H2,1-3H3,(H2,45,52,53)(H,47,48,49). The number of nitrogens with one attached hydrogen (secondary N) is 2. The Labute approximate surface area is 343 Å². The average Bonchev–Trinajstić information content (AvgIpc) is 3.61. The number of hydrogen-bond acceptors (Lipinski definition) is 12. The van der Waals surface area contributed by atoms with Gasteiger partial charge in [0.15, 0.2) is 28.8 Å². The number of ether oxygens (including phenoxy) is 4. The van der Waals surface area contributed by atoms with Gasteiger partial charge in [-0.05, 0) is 108 Å². The van der Waals surface area contributed by atoms with E-state index in [1.165, 1.54) is 16.7 Å². The molecular weight excluding hydrogens is 771 g/mol. The fraction of sp³-hybridized carbons (Fsp3) is 0.279. The number of fused-ring (bicyclic) bond motifs is 3. The van der Waals surface area contributed by atoms with Crippen LogP contribution in [0.5, 0.6) is 23.0 Å². The van der Waals surface area contributed by atoms with E-state index >= 15 is 0 Å². The summed E-state index contributed by atoms with van der Waals surface area (Å²) < 4.78 is 53.9. The summed E-state index contributed by atoms with van der Waals surface area (Å²) in [6, 6.07) is 22.9. The second-order valence-electron chi connectivity index (χ2n) is 14.7. The lowest BCUT2D eigenvalue weighted by atomic mass is 9.77. The highest BCUT2D eigenvalue weighted by molar-refractivity contribution is 7.90. The van der Waals surface area contributed by atoms with Crippen LogP contribution in [-0.4, -0.2) is 63.4 Å². The summed E-state index contributed by atoms with van der Waals surface area (Å²) in [7, 11) is 0.0751. The van der Waals surface area contributed by atoms with Gasteiger partial charge in [-0.1, -0.05) is 30.3 Å². The van der Waals surface area contributed by atoms with Crippen LogP contribution >= 0.6 is 0 Å². The van der Waals surface area contributed by atoms with Gasteiger partial charge in [-0.25, -0.2) is 15.1 Å². The highest BCUT2D eigenvalue weighted by Gasteiger charge is 2.28. The first-order valence-electron chi connectivity index (χ1n) is 19.3. The molecule has 1 unspecified atom stereocenters. The van der Waals surface area contributed by atoms with Gasteiger partial charge in [0.05, 0.1) is 39.0 Å². The van der Waals surface area contributed by atoms with Crippen molar-refractivity contribution in [2.45, 2.75) is 45.3 Å². The van der Waals surface area contributed by atoms with Crippen molar-refractivity contribution in [3.63, 3.8) is 0 Å². The second-order valence-corrected chi connectivity index (χ2v) is 16.0. The Bertz CT molecular complexity index is 2660. The number of methoxy groups -OCH3 is 3. The number of hydrogen-bond donors (Lipinski definition) is 4. The predicted molar refractivity (Wildman–Crippen MR) is 228 cm³/mol. The maximum atomic E-state index is 11.4. The summed E-state index contributed by atoms with van der Waals surface area (Å²) in [6.45, 7) is 1.01. The van der Waals surface area contributed by atoms with Crippen molar-refractivity contribution in [3.8, 4) is 23.0 Å². The number of rotatable bonds is 15. The molecule has 0 saturated carbocycles. The normalized spacial score (nSPS) is 15.2. The van der Waals surface area contributed by atoms with Gasteiger partial charge in [0, 0.05) is 41.3 Å². The Balaban J connectivity index is 1.00. The van der Waals surface area contributed by atoms with E-state index in [-0.39, 0.29) is 6.61 Å². The van der Waals surface area contributed by atoms with E-state index in [0.29, 0.717) is 71.3 Å². The third kappa shape index (κ3) is 9.05. The first-order chi connectivity index (χ1) is 28.6. The Morgan fingerprint density at radius 2 is 1.64 bits per heavy atom. The molecule has 3 heterocycles. The van der Waals surface area contributed by atoms with Gasteiger partial charge >= 0.3 is 7.12 Å². The van der Waals surface area contributed by atoms with Gasteiger partial charge in [0.2, 0.25) is 0 Å². The molecule has 2 aliphatic rings. The van der Waals surface area contributed by atoms with Gasteiger partial charge < -0.3 is 33.9 Å². The molecule has 8 rings (SSSR count). The van der Waals surface area contributed by atoms with Crippen molar-refractivity contribution in [1.29, 1.82) is 0 Å². The Morgan fingerprint density at radius 3 is 2.39 bits per heavy atom. The van der Waals surface area contributed by atoms with E-state index in [9.17, 15) is 13.4 Å². The minimum absolute atomic E-state index is 0.0545. The van der Waals surface area contributed by atoms with E-state index in [2.05, 4.69) is 39.3 Å². The number of nitrogens with two attached hydrogens (primary N) is 1. The number of aromatic nitrogens is 3. The molecule has 4 aromatic carbocycles. The maximum Gasteiger partial charge on any atom is 0.491 e. The smallest absolute Gasteiger partial charge is 0.491 e. The molecule has 0 saturated heterocycles. The average molecular weight is 817 g/mol. The first kappa shape index (κ1) is 39.9. The molecule has 14 nitrogen and oxygen atoms in total. The van der Waals surface area contributed by atoms with Crippen molar-refractivity contribution in [1.82, 2.24) is 15.0 Å². The molecule has 0 bridgehead atoms. The minimum Gasteiger partial charge on any atom is -0.493 e. The topological polar surface area (TPSA) is 189 Å². The van der Waals surface area contributed by atoms with Crippen LogP contribution in [0.25, 0.3) is 27.4 Å². The lowest BCUT2D eigenvalue weighted by Gasteiger charge is -2.23. The van der Waals surface area contributed by atoms with Crippen molar-refractivity contribution < 1.29 is 37.0 Å². The molecule has 0 amide bonds. The van der Waals surface area contributed by atoms with Gasteiger partial charge in [-0.2, -0.15) is 8.42 Å². The lowest BCUT2D eigenvalue weighted by molar-refractivity contribution is 0.275. The largest absolute Gasteiger partial charge is 0.493 e. The van der Waals surface area contributed by atoms with Gasteiger partial charge in [-0.3, -0.25) is 9.71 Å². The van der Waals surface area contributed by atoms with Crippen LogP contribution in [0.4, 0.5) is 11.5 Å². The highest BCUT2D eigenvalue weighted by atomic mass is 32.2. The van der Waals surface area contributed by atoms with Crippen LogP contribution < -0.4 is 39.6 Å². The number of benzene rings is 4. The zero-order valence-electron chi connectivity index (χ0n) is 33.0. The summed E-state index contributed by atoms with van der Waals surface area (Å²) in [4.78, 5) is 14.4. The number of pyridine rings is 1. The molecule has 2 aromatic heterocycles. The second kappa shape index (κ2) is 17.1. The van der Waals surface area contributed by atoms with Crippen molar-refractivity contribution >= 4 is 61.7 Å². The third-order valence-electron chi connectivity index (χ3n) is 10.8. The molecule has 6 aromatic rings. The first-order valence-corrected chi connectivity index (χ1v) is 20.9. The molecule has 0 spiro atoms. The molecule has 304 valence electrons. The Morgan fingerprint density at radius 1 is 0.898 bits per heavy atom. The van der Waals surface area contributed by atoms with Crippen LogP contribution in [-0.2, 0) is 40.9 Å². The van der Waals surface area contributed by atoms with E-state index in [1.54, 1.807) is 33.5 Å². The van der Waals surface area contributed by atoms with Crippen molar-refractivity contribution in [3.05, 3.63) is 113 Å². The van der Waals surface area contributed by atoms with E-state index in [1.807, 2.05) is 48.7 Å². The van der Waals surface area contributed by atoms with Gasteiger partial charge in [0.1, 0.15) is 12.4 Å². The van der Waals surface area contributed by atoms with E-state index in [4.69, 9.17) is 38.7 Å². The van der Waals surface area contributed by atoms with Gasteiger partial charge in [0.25, 0.3) is 10.2 Å². The van der Waals surface area contributed by atoms with Crippen LogP contribution in [0, 0.1) is 5.92 Å². The van der Waals surface area contributed by atoms with Crippen LogP contribution in [0.2, 0.25) is 0 Å². The zero-order valence-corrected chi connectivity index (χ0v) is 33.8. The molecule has 1 aliphatic carbocycles. The predicted octanol–water partition coefficient (Wildman–Crippen LogP) is 5.70. The third-order valence-corrected chi connectivity index (χ3v) is 11.4. The summed E-state index contributed by atoms with van der Waals surface area (Å²) >= 11 is 0. The Hall–Kier alpha value is -5.94. The summed E-state index contributed by atoms with van der Waals surface area (Å²) in [6.07, 6.45) is 8.73. The maximum absolute atomic E-state index is 11.4. The van der Waals surface area contributed by atoms with Crippen LogP contribution in [0.1, 0.15) is 47.3 Å². The molecule has 5 N–H and O–H groups in total. The summed E-state index contributed by atoms with van der Waals surface area (Å²) in [5, 5.41) is 20.3.